The Hall–Kier alpha value is -2.33. The molecule has 0 spiro atoms. The van der Waals surface area contributed by atoms with E-state index in [-0.39, 0.29) is 11.7 Å². The Balaban J connectivity index is 1.47. The van der Waals surface area contributed by atoms with Crippen LogP contribution in [-0.2, 0) is 17.1 Å². The van der Waals surface area contributed by atoms with Gasteiger partial charge in [-0.3, -0.25) is 4.79 Å². The minimum absolute atomic E-state index is 0.0375. The molecular weight excluding hydrogens is 321 g/mol. The van der Waals surface area contributed by atoms with Crippen LogP contribution >= 0.6 is 11.8 Å². The van der Waals surface area contributed by atoms with E-state index in [1.165, 1.54) is 23.2 Å². The summed E-state index contributed by atoms with van der Waals surface area (Å²) in [6, 6.07) is 21.0. The number of hydrogen-bond acceptors (Lipinski definition) is 2. The first-order valence-electron chi connectivity index (χ1n) is 7.78. The van der Waals surface area contributed by atoms with Crippen molar-refractivity contribution in [3.63, 3.8) is 0 Å². The lowest BCUT2D eigenvalue weighted by Crippen LogP contribution is -2.24. The second kappa shape index (κ2) is 7.97. The fourth-order valence-electron chi connectivity index (χ4n) is 2.47. The molecule has 1 N–H and O–H groups in total. The van der Waals surface area contributed by atoms with E-state index >= 15 is 0 Å². The molecule has 0 heterocycles. The highest BCUT2D eigenvalue weighted by Gasteiger charge is 2.05. The fraction of sp³-hybridized carbons (Fsp3) is 0.150. The van der Waals surface area contributed by atoms with Gasteiger partial charge in [0.25, 0.3) is 0 Å². The van der Waals surface area contributed by atoms with Gasteiger partial charge in [-0.2, -0.15) is 0 Å². The van der Waals surface area contributed by atoms with Crippen molar-refractivity contribution in [2.45, 2.75) is 12.3 Å². The third kappa shape index (κ3) is 4.36. The summed E-state index contributed by atoms with van der Waals surface area (Å²) in [6.07, 6.45) is 0. The molecule has 2 nitrogen and oxygen atoms in total. The minimum atomic E-state index is -0.221. The molecule has 0 unspecified atom stereocenters. The van der Waals surface area contributed by atoms with Crippen LogP contribution < -0.4 is 5.32 Å². The van der Waals surface area contributed by atoms with Crippen molar-refractivity contribution in [2.75, 3.05) is 5.75 Å². The summed E-state index contributed by atoms with van der Waals surface area (Å²) >= 11 is 1.41. The maximum atomic E-state index is 13.5. The number of hydrogen-bond donors (Lipinski definition) is 1. The second-order valence-electron chi connectivity index (χ2n) is 5.54. The van der Waals surface area contributed by atoms with E-state index in [4.69, 9.17) is 0 Å². The largest absolute Gasteiger partial charge is 0.351 e. The second-order valence-corrected chi connectivity index (χ2v) is 6.53. The highest BCUT2D eigenvalue weighted by atomic mass is 32.2. The maximum absolute atomic E-state index is 13.5. The van der Waals surface area contributed by atoms with E-state index in [0.717, 1.165) is 10.9 Å². The molecule has 0 radical (unpaired) electrons. The van der Waals surface area contributed by atoms with Crippen LogP contribution in [0.5, 0.6) is 0 Å². The standard InChI is InChI=1S/C20H18FNOS/c21-19-8-4-3-7-18(19)13-24-14-20(23)22-12-15-9-10-16-5-1-2-6-17(16)11-15/h1-11H,12-14H2,(H,22,23). The number of halogens is 1. The van der Waals surface area contributed by atoms with Gasteiger partial charge in [0.05, 0.1) is 5.75 Å². The molecule has 24 heavy (non-hydrogen) atoms. The molecule has 0 aromatic heterocycles. The van der Waals surface area contributed by atoms with Crippen LogP contribution in [0.3, 0.4) is 0 Å². The van der Waals surface area contributed by atoms with Crippen LogP contribution in [0.2, 0.25) is 0 Å². The van der Waals surface area contributed by atoms with Gasteiger partial charge in [-0.25, -0.2) is 4.39 Å². The van der Waals surface area contributed by atoms with E-state index in [1.54, 1.807) is 18.2 Å². The van der Waals surface area contributed by atoms with Crippen LogP contribution in [0.4, 0.5) is 4.39 Å². The number of thioether (sulfide) groups is 1. The monoisotopic (exact) mass is 339 g/mol. The summed E-state index contributed by atoms with van der Waals surface area (Å²) in [6.45, 7) is 0.504. The lowest BCUT2D eigenvalue weighted by molar-refractivity contribution is -0.118. The predicted octanol–water partition coefficient (Wildman–Crippen LogP) is 4.53. The molecule has 0 atom stereocenters. The minimum Gasteiger partial charge on any atom is -0.351 e. The molecule has 3 rings (SSSR count). The summed E-state index contributed by atoms with van der Waals surface area (Å²) in [7, 11) is 0. The molecule has 0 saturated carbocycles. The number of benzene rings is 3. The van der Waals surface area contributed by atoms with Crippen molar-refractivity contribution >= 4 is 28.4 Å². The highest BCUT2D eigenvalue weighted by molar-refractivity contribution is 7.99. The van der Waals surface area contributed by atoms with Crippen LogP contribution in [0, 0.1) is 5.82 Å². The molecule has 3 aromatic carbocycles. The molecule has 1 amide bonds. The zero-order valence-corrected chi connectivity index (χ0v) is 14.0. The van der Waals surface area contributed by atoms with Crippen LogP contribution in [0.25, 0.3) is 10.8 Å². The third-order valence-electron chi connectivity index (χ3n) is 3.75. The number of amides is 1. The number of nitrogens with one attached hydrogen (secondary N) is 1. The van der Waals surface area contributed by atoms with E-state index in [1.807, 2.05) is 18.2 Å². The van der Waals surface area contributed by atoms with E-state index in [9.17, 15) is 9.18 Å². The number of carbonyl (C=O) groups is 1. The van der Waals surface area contributed by atoms with Crippen molar-refractivity contribution in [1.82, 2.24) is 5.32 Å². The summed E-state index contributed by atoms with van der Waals surface area (Å²) < 4.78 is 13.5. The third-order valence-corrected chi connectivity index (χ3v) is 4.73. The number of fused-ring (bicyclic) bond motifs is 1. The molecule has 0 aliphatic heterocycles. The molecule has 0 bridgehead atoms. The van der Waals surface area contributed by atoms with E-state index in [2.05, 4.69) is 29.6 Å². The Morgan fingerprint density at radius 1 is 0.958 bits per heavy atom. The summed E-state index contributed by atoms with van der Waals surface area (Å²) in [5.41, 5.74) is 1.70. The molecule has 0 fully saturated rings. The van der Waals surface area contributed by atoms with E-state index < -0.39 is 0 Å². The lowest BCUT2D eigenvalue weighted by Gasteiger charge is -2.07. The molecular formula is C20H18FNOS. The van der Waals surface area contributed by atoms with Gasteiger partial charge in [0.1, 0.15) is 5.82 Å². The van der Waals surface area contributed by atoms with Gasteiger partial charge in [-0.05, 0) is 34.0 Å². The SMILES string of the molecule is O=C(CSCc1ccccc1F)NCc1ccc2ccccc2c1. The Bertz CT molecular complexity index is 850. The molecule has 3 aromatic rings. The molecule has 0 saturated heterocycles. The first kappa shape index (κ1) is 16.5. The lowest BCUT2D eigenvalue weighted by atomic mass is 10.1. The fourth-order valence-corrected chi connectivity index (χ4v) is 3.31. The molecule has 0 aliphatic rings. The van der Waals surface area contributed by atoms with Crippen LogP contribution in [0.1, 0.15) is 11.1 Å². The average Bonchev–Trinajstić information content (AvgIpc) is 2.61. The summed E-state index contributed by atoms with van der Waals surface area (Å²) in [5.74, 6) is 0.559. The molecule has 122 valence electrons. The average molecular weight is 339 g/mol. The number of carbonyl (C=O) groups excluding carboxylic acids is 1. The zero-order chi connectivity index (χ0) is 16.8. The first-order valence-corrected chi connectivity index (χ1v) is 8.93. The van der Waals surface area contributed by atoms with Gasteiger partial charge in [-0.15, -0.1) is 11.8 Å². The van der Waals surface area contributed by atoms with Crippen molar-refractivity contribution < 1.29 is 9.18 Å². The maximum Gasteiger partial charge on any atom is 0.230 e. The van der Waals surface area contributed by atoms with Gasteiger partial charge < -0.3 is 5.32 Å². The van der Waals surface area contributed by atoms with Gasteiger partial charge >= 0.3 is 0 Å². The zero-order valence-electron chi connectivity index (χ0n) is 13.2. The first-order chi connectivity index (χ1) is 11.7. The van der Waals surface area contributed by atoms with Crippen molar-refractivity contribution in [2.24, 2.45) is 0 Å². The quantitative estimate of drug-likeness (QED) is 0.715. The van der Waals surface area contributed by atoms with Crippen LogP contribution in [0.15, 0.2) is 66.7 Å². The van der Waals surface area contributed by atoms with Gasteiger partial charge in [0.2, 0.25) is 5.91 Å². The predicted molar refractivity (Wildman–Crippen MR) is 98.4 cm³/mol. The van der Waals surface area contributed by atoms with Gasteiger partial charge in [0, 0.05) is 12.3 Å². The normalized spacial score (nSPS) is 10.7. The van der Waals surface area contributed by atoms with Crippen LogP contribution in [-0.4, -0.2) is 11.7 Å². The Morgan fingerprint density at radius 3 is 2.54 bits per heavy atom. The smallest absolute Gasteiger partial charge is 0.230 e. The topological polar surface area (TPSA) is 29.1 Å². The Kier molecular flexibility index (Phi) is 5.49. The Labute approximate surface area is 145 Å². The summed E-state index contributed by atoms with van der Waals surface area (Å²) in [5, 5.41) is 5.26. The highest BCUT2D eigenvalue weighted by Crippen LogP contribution is 2.16. The van der Waals surface area contributed by atoms with Gasteiger partial charge in [-0.1, -0.05) is 54.6 Å². The Morgan fingerprint density at radius 2 is 1.71 bits per heavy atom. The molecule has 4 heteroatoms. The van der Waals surface area contributed by atoms with Crippen molar-refractivity contribution in [3.8, 4) is 0 Å². The summed E-state index contributed by atoms with van der Waals surface area (Å²) in [4.78, 5) is 11.9. The van der Waals surface area contributed by atoms with Crippen molar-refractivity contribution in [1.29, 1.82) is 0 Å². The molecule has 0 aliphatic carbocycles. The number of rotatable bonds is 6. The van der Waals surface area contributed by atoms with E-state index in [0.29, 0.717) is 23.6 Å². The van der Waals surface area contributed by atoms with Gasteiger partial charge in [0.15, 0.2) is 0 Å². The van der Waals surface area contributed by atoms with Crippen molar-refractivity contribution in [3.05, 3.63) is 83.7 Å².